The lowest BCUT2D eigenvalue weighted by atomic mass is 10.0. The van der Waals surface area contributed by atoms with Crippen molar-refractivity contribution in [1.82, 2.24) is 14.0 Å². The highest BCUT2D eigenvalue weighted by Gasteiger charge is 2.18. The molecule has 1 aromatic carbocycles. The van der Waals surface area contributed by atoms with Crippen molar-refractivity contribution in [3.8, 4) is 0 Å². The van der Waals surface area contributed by atoms with Crippen molar-refractivity contribution in [1.29, 1.82) is 0 Å². The van der Waals surface area contributed by atoms with Gasteiger partial charge in [0.15, 0.2) is 0 Å². The molecule has 0 unspecified atom stereocenters. The summed E-state index contributed by atoms with van der Waals surface area (Å²) in [7, 11) is 0. The number of nitrogens with zero attached hydrogens (tertiary/aromatic N) is 3. The maximum atomic E-state index is 13.2. The van der Waals surface area contributed by atoms with Gasteiger partial charge >= 0.3 is 0 Å². The molecule has 0 aliphatic heterocycles. The summed E-state index contributed by atoms with van der Waals surface area (Å²) in [5, 5.41) is 1.09. The number of fused-ring (bicyclic) bond motifs is 2. The lowest BCUT2D eigenvalue weighted by Crippen LogP contribution is -2.33. The van der Waals surface area contributed by atoms with Gasteiger partial charge in [-0.1, -0.05) is 49.5 Å². The Labute approximate surface area is 178 Å². The number of benzene rings is 1. The first-order chi connectivity index (χ1) is 14.3. The zero-order valence-electron chi connectivity index (χ0n) is 17.9. The topological polar surface area (TPSA) is 56.4 Å². The Morgan fingerprint density at radius 2 is 1.90 bits per heavy atom. The molecule has 0 saturated heterocycles. The number of hydrogen-bond donors (Lipinski definition) is 0. The summed E-state index contributed by atoms with van der Waals surface area (Å²) >= 11 is 1.27. The van der Waals surface area contributed by atoms with E-state index in [9.17, 15) is 9.59 Å². The molecule has 4 rings (SSSR count). The summed E-state index contributed by atoms with van der Waals surface area (Å²) in [5.41, 5.74) is 5.11. The minimum absolute atomic E-state index is 0.00993. The zero-order chi connectivity index (χ0) is 21.7. The van der Waals surface area contributed by atoms with Gasteiger partial charge in [0.2, 0.25) is 4.96 Å². The molecule has 30 heavy (non-hydrogen) atoms. The summed E-state index contributed by atoms with van der Waals surface area (Å²) in [4.78, 5) is 31.2. The van der Waals surface area contributed by atoms with E-state index in [4.69, 9.17) is 0 Å². The average molecular weight is 420 g/mol. The second-order valence-electron chi connectivity index (χ2n) is 7.97. The van der Waals surface area contributed by atoms with Crippen LogP contribution in [0.1, 0.15) is 47.8 Å². The van der Waals surface area contributed by atoms with Crippen LogP contribution in [0.15, 0.2) is 40.4 Å². The first kappa shape index (κ1) is 20.3. The van der Waals surface area contributed by atoms with Crippen LogP contribution in [-0.2, 0) is 6.54 Å². The van der Waals surface area contributed by atoms with Crippen molar-refractivity contribution in [2.45, 2.75) is 47.1 Å². The minimum Gasteiger partial charge on any atom is -0.340 e. The standard InChI is InChI=1S/C24H25N3O2S/c1-7-11-26-16(6)18(17-10-8-9-14(4)21(17)26)12-19-22(28)27-23(29)20(13(2)3)15(5)25-24(27)30-19/h7-10,12-13H,1,11H2,2-6H3/b19-12-. The molecule has 3 heterocycles. The lowest BCUT2D eigenvalue weighted by Gasteiger charge is -2.07. The van der Waals surface area contributed by atoms with E-state index in [0.29, 0.717) is 27.3 Å². The SMILES string of the molecule is C=CCn1c(C)c(/C=c2\sc3nc(C)c(C(C)C)c(=O)n3c2=O)c2cccc(C)c21. The molecule has 0 N–H and O–H groups in total. The first-order valence-corrected chi connectivity index (χ1v) is 10.8. The predicted octanol–water partition coefficient (Wildman–Crippen LogP) is 3.85. The van der Waals surface area contributed by atoms with E-state index in [1.165, 1.54) is 21.3 Å². The molecule has 0 radical (unpaired) electrons. The maximum Gasteiger partial charge on any atom is 0.277 e. The monoisotopic (exact) mass is 419 g/mol. The van der Waals surface area contributed by atoms with Crippen molar-refractivity contribution >= 4 is 33.3 Å². The van der Waals surface area contributed by atoms with Gasteiger partial charge in [0, 0.05) is 34.4 Å². The highest BCUT2D eigenvalue weighted by Crippen LogP contribution is 2.29. The fraction of sp³-hybridized carbons (Fsp3) is 0.292. The fourth-order valence-electron chi connectivity index (χ4n) is 4.28. The van der Waals surface area contributed by atoms with Crippen molar-refractivity contribution in [2.24, 2.45) is 0 Å². The lowest BCUT2D eigenvalue weighted by molar-refractivity contribution is 0.804. The van der Waals surface area contributed by atoms with E-state index < -0.39 is 0 Å². The summed E-state index contributed by atoms with van der Waals surface area (Å²) in [5.74, 6) is 0.00993. The van der Waals surface area contributed by atoms with Crippen molar-refractivity contribution in [3.63, 3.8) is 0 Å². The molecular formula is C24H25N3O2S. The van der Waals surface area contributed by atoms with Crippen LogP contribution >= 0.6 is 11.3 Å². The van der Waals surface area contributed by atoms with Gasteiger partial charge in [-0.15, -0.1) is 6.58 Å². The average Bonchev–Trinajstić information content (AvgIpc) is 3.12. The van der Waals surface area contributed by atoms with E-state index in [0.717, 1.165) is 22.2 Å². The van der Waals surface area contributed by atoms with Gasteiger partial charge in [-0.3, -0.25) is 9.59 Å². The van der Waals surface area contributed by atoms with E-state index in [2.05, 4.69) is 42.1 Å². The fourth-order valence-corrected chi connectivity index (χ4v) is 5.28. The molecule has 0 aliphatic rings. The van der Waals surface area contributed by atoms with Crippen LogP contribution in [-0.4, -0.2) is 14.0 Å². The molecule has 0 aliphatic carbocycles. The van der Waals surface area contributed by atoms with Gasteiger partial charge < -0.3 is 4.57 Å². The molecule has 5 nitrogen and oxygen atoms in total. The predicted molar refractivity (Wildman–Crippen MR) is 125 cm³/mol. The van der Waals surface area contributed by atoms with E-state index >= 15 is 0 Å². The number of rotatable bonds is 4. The van der Waals surface area contributed by atoms with Gasteiger partial charge in [-0.25, -0.2) is 9.38 Å². The second kappa shape index (κ2) is 7.36. The third-order valence-electron chi connectivity index (χ3n) is 5.65. The van der Waals surface area contributed by atoms with Crippen molar-refractivity contribution in [2.75, 3.05) is 0 Å². The van der Waals surface area contributed by atoms with Crippen LogP contribution < -0.4 is 15.7 Å². The molecule has 6 heteroatoms. The molecule has 3 aromatic heterocycles. The third-order valence-corrected chi connectivity index (χ3v) is 6.62. The number of para-hydroxylation sites is 1. The van der Waals surface area contributed by atoms with Crippen LogP contribution in [0.5, 0.6) is 0 Å². The van der Waals surface area contributed by atoms with Crippen LogP contribution in [0.2, 0.25) is 0 Å². The molecule has 0 fully saturated rings. The smallest absolute Gasteiger partial charge is 0.277 e. The number of thiazole rings is 1. The quantitative estimate of drug-likeness (QED) is 0.472. The molecule has 0 atom stereocenters. The van der Waals surface area contributed by atoms with Gasteiger partial charge in [-0.05, 0) is 38.3 Å². The molecule has 4 aromatic rings. The van der Waals surface area contributed by atoms with E-state index in [1.54, 1.807) is 0 Å². The summed E-state index contributed by atoms with van der Waals surface area (Å²) in [6.07, 6.45) is 3.78. The normalized spacial score (nSPS) is 12.5. The Kier molecular flexibility index (Phi) is 4.98. The molecule has 0 amide bonds. The molecule has 0 bridgehead atoms. The molecule has 154 valence electrons. The summed E-state index contributed by atoms with van der Waals surface area (Å²) < 4.78 is 3.96. The Balaban J connectivity index is 2.09. The Morgan fingerprint density at radius 3 is 2.57 bits per heavy atom. The maximum absolute atomic E-state index is 13.2. The summed E-state index contributed by atoms with van der Waals surface area (Å²) in [6, 6.07) is 6.19. The van der Waals surface area contributed by atoms with Gasteiger partial charge in [0.05, 0.1) is 10.0 Å². The van der Waals surface area contributed by atoms with Crippen LogP contribution in [0.3, 0.4) is 0 Å². The van der Waals surface area contributed by atoms with Gasteiger partial charge in [0.25, 0.3) is 11.1 Å². The third kappa shape index (κ3) is 2.94. The highest BCUT2D eigenvalue weighted by molar-refractivity contribution is 7.15. The van der Waals surface area contributed by atoms with E-state index in [1.807, 2.05) is 39.0 Å². The summed E-state index contributed by atoms with van der Waals surface area (Å²) in [6.45, 7) is 14.4. The minimum atomic E-state index is -0.300. The first-order valence-electron chi connectivity index (χ1n) is 10.0. The van der Waals surface area contributed by atoms with Crippen molar-refractivity contribution < 1.29 is 0 Å². The highest BCUT2D eigenvalue weighted by atomic mass is 32.1. The number of allylic oxidation sites excluding steroid dienone is 1. The molecule has 0 spiro atoms. The van der Waals surface area contributed by atoms with Crippen LogP contribution in [0.4, 0.5) is 0 Å². The van der Waals surface area contributed by atoms with Gasteiger partial charge in [0.1, 0.15) is 0 Å². The second-order valence-corrected chi connectivity index (χ2v) is 8.98. The Morgan fingerprint density at radius 1 is 1.17 bits per heavy atom. The zero-order valence-corrected chi connectivity index (χ0v) is 18.8. The number of aromatic nitrogens is 3. The molecule has 0 saturated carbocycles. The van der Waals surface area contributed by atoms with Crippen LogP contribution in [0, 0.1) is 20.8 Å². The Hall–Kier alpha value is -2.99. The largest absolute Gasteiger partial charge is 0.340 e. The van der Waals surface area contributed by atoms with Crippen LogP contribution in [0.25, 0.3) is 21.9 Å². The van der Waals surface area contributed by atoms with Gasteiger partial charge in [-0.2, -0.15) is 0 Å². The van der Waals surface area contributed by atoms with Crippen molar-refractivity contribution in [3.05, 3.63) is 84.2 Å². The van der Waals surface area contributed by atoms with E-state index in [-0.39, 0.29) is 17.0 Å². The number of hydrogen-bond acceptors (Lipinski definition) is 4. The Bertz CT molecular complexity index is 1490. The number of aryl methyl sites for hydroxylation is 2. The molecular weight excluding hydrogens is 394 g/mol.